The Bertz CT molecular complexity index is 439. The quantitative estimate of drug-likeness (QED) is 0.799. The van der Waals surface area contributed by atoms with Gasteiger partial charge in [0, 0.05) is 24.0 Å². The lowest BCUT2D eigenvalue weighted by Crippen LogP contribution is -2.07. The summed E-state index contributed by atoms with van der Waals surface area (Å²) in [5, 5.41) is 0. The van der Waals surface area contributed by atoms with E-state index in [4.69, 9.17) is 5.73 Å². The second kappa shape index (κ2) is 4.14. The van der Waals surface area contributed by atoms with Crippen LogP contribution in [0, 0.1) is 0 Å². The maximum absolute atomic E-state index is 5.76. The lowest BCUT2D eigenvalue weighted by Gasteiger charge is -2.05. The zero-order valence-electron chi connectivity index (χ0n) is 8.46. The molecule has 4 heteroatoms. The molecule has 0 spiro atoms. The van der Waals surface area contributed by atoms with Crippen molar-refractivity contribution >= 4 is 0 Å². The Kier molecular flexibility index (Phi) is 2.69. The SMILES string of the molecule is CC(N)c1cc(-c2ccncc2)ncn1. The molecule has 0 aromatic carbocycles. The van der Waals surface area contributed by atoms with Gasteiger partial charge in [0.25, 0.3) is 0 Å². The molecule has 2 N–H and O–H groups in total. The van der Waals surface area contributed by atoms with Crippen LogP contribution in [-0.4, -0.2) is 15.0 Å². The molecule has 0 amide bonds. The van der Waals surface area contributed by atoms with Gasteiger partial charge < -0.3 is 5.73 Å². The van der Waals surface area contributed by atoms with E-state index in [2.05, 4.69) is 15.0 Å². The first-order chi connectivity index (χ1) is 7.27. The van der Waals surface area contributed by atoms with Gasteiger partial charge in [0.15, 0.2) is 0 Å². The van der Waals surface area contributed by atoms with Gasteiger partial charge in [0.05, 0.1) is 11.4 Å². The van der Waals surface area contributed by atoms with Gasteiger partial charge in [-0.25, -0.2) is 9.97 Å². The number of hydrogen-bond donors (Lipinski definition) is 1. The Balaban J connectivity index is 2.42. The Hall–Kier alpha value is -1.81. The first kappa shape index (κ1) is 9.73. The molecule has 1 atom stereocenters. The zero-order valence-corrected chi connectivity index (χ0v) is 8.46. The first-order valence-corrected chi connectivity index (χ1v) is 4.75. The largest absolute Gasteiger partial charge is 0.323 e. The van der Waals surface area contributed by atoms with Crippen molar-refractivity contribution in [1.29, 1.82) is 0 Å². The number of pyridine rings is 1. The van der Waals surface area contributed by atoms with Gasteiger partial charge in [0.1, 0.15) is 6.33 Å². The van der Waals surface area contributed by atoms with E-state index in [-0.39, 0.29) is 6.04 Å². The van der Waals surface area contributed by atoms with E-state index in [9.17, 15) is 0 Å². The molecular formula is C11H12N4. The maximum Gasteiger partial charge on any atom is 0.116 e. The fourth-order valence-corrected chi connectivity index (χ4v) is 1.30. The molecule has 15 heavy (non-hydrogen) atoms. The normalized spacial score (nSPS) is 12.4. The molecule has 0 saturated heterocycles. The predicted molar refractivity (Wildman–Crippen MR) is 57.9 cm³/mol. The molecule has 0 aliphatic heterocycles. The van der Waals surface area contributed by atoms with Crippen molar-refractivity contribution in [2.24, 2.45) is 5.73 Å². The average Bonchev–Trinajstić information content (AvgIpc) is 2.30. The van der Waals surface area contributed by atoms with Crippen LogP contribution in [-0.2, 0) is 0 Å². The van der Waals surface area contributed by atoms with Gasteiger partial charge in [-0.1, -0.05) is 0 Å². The molecule has 1 unspecified atom stereocenters. The number of aromatic nitrogens is 3. The highest BCUT2D eigenvalue weighted by atomic mass is 14.9. The van der Waals surface area contributed by atoms with E-state index in [0.29, 0.717) is 0 Å². The van der Waals surface area contributed by atoms with Crippen LogP contribution in [0.15, 0.2) is 36.9 Å². The van der Waals surface area contributed by atoms with Crippen molar-refractivity contribution < 1.29 is 0 Å². The van der Waals surface area contributed by atoms with Crippen LogP contribution in [0.5, 0.6) is 0 Å². The summed E-state index contributed by atoms with van der Waals surface area (Å²) >= 11 is 0. The lowest BCUT2D eigenvalue weighted by atomic mass is 10.1. The molecule has 0 radical (unpaired) electrons. The zero-order chi connectivity index (χ0) is 10.7. The summed E-state index contributed by atoms with van der Waals surface area (Å²) in [4.78, 5) is 12.3. The van der Waals surface area contributed by atoms with Crippen molar-refractivity contribution in [3.8, 4) is 11.3 Å². The summed E-state index contributed by atoms with van der Waals surface area (Å²) in [7, 11) is 0. The molecule has 2 rings (SSSR count). The molecule has 0 bridgehead atoms. The van der Waals surface area contributed by atoms with Crippen LogP contribution in [0.3, 0.4) is 0 Å². The number of nitrogens with zero attached hydrogens (tertiary/aromatic N) is 3. The minimum absolute atomic E-state index is 0.0754. The Morgan fingerprint density at radius 1 is 1.20 bits per heavy atom. The Morgan fingerprint density at radius 2 is 1.93 bits per heavy atom. The molecule has 0 aliphatic rings. The summed E-state index contributed by atoms with van der Waals surface area (Å²) < 4.78 is 0. The van der Waals surface area contributed by atoms with Gasteiger partial charge in [-0.2, -0.15) is 0 Å². The summed E-state index contributed by atoms with van der Waals surface area (Å²) in [6, 6.07) is 5.65. The van der Waals surface area contributed by atoms with Crippen LogP contribution in [0.2, 0.25) is 0 Å². The Labute approximate surface area is 88.2 Å². The first-order valence-electron chi connectivity index (χ1n) is 4.75. The van der Waals surface area contributed by atoms with Crippen LogP contribution < -0.4 is 5.73 Å². The highest BCUT2D eigenvalue weighted by Gasteiger charge is 2.04. The predicted octanol–water partition coefficient (Wildman–Crippen LogP) is 1.56. The summed E-state index contributed by atoms with van der Waals surface area (Å²) in [6.45, 7) is 1.90. The van der Waals surface area contributed by atoms with E-state index in [1.54, 1.807) is 12.4 Å². The molecule has 2 heterocycles. The highest BCUT2D eigenvalue weighted by Crippen LogP contribution is 2.17. The van der Waals surface area contributed by atoms with Crippen molar-refractivity contribution in [2.45, 2.75) is 13.0 Å². The molecule has 2 aromatic rings. The van der Waals surface area contributed by atoms with Crippen LogP contribution in [0.25, 0.3) is 11.3 Å². The standard InChI is InChI=1S/C11H12N4/c1-8(12)10-6-11(15-7-14-10)9-2-4-13-5-3-9/h2-8H,12H2,1H3. The van der Waals surface area contributed by atoms with Gasteiger partial charge >= 0.3 is 0 Å². The van der Waals surface area contributed by atoms with E-state index in [1.807, 2.05) is 25.1 Å². The molecule has 0 aliphatic carbocycles. The second-order valence-electron chi connectivity index (χ2n) is 3.35. The second-order valence-corrected chi connectivity index (χ2v) is 3.35. The van der Waals surface area contributed by atoms with Gasteiger partial charge in [-0.15, -0.1) is 0 Å². The fourth-order valence-electron chi connectivity index (χ4n) is 1.30. The fraction of sp³-hybridized carbons (Fsp3) is 0.182. The maximum atomic E-state index is 5.76. The summed E-state index contributed by atoms with van der Waals surface area (Å²) in [5.74, 6) is 0. The topological polar surface area (TPSA) is 64.7 Å². The van der Waals surface area contributed by atoms with E-state index >= 15 is 0 Å². The minimum Gasteiger partial charge on any atom is -0.323 e. The number of hydrogen-bond acceptors (Lipinski definition) is 4. The van der Waals surface area contributed by atoms with Gasteiger partial charge in [-0.05, 0) is 25.1 Å². The van der Waals surface area contributed by atoms with Crippen molar-refractivity contribution in [3.63, 3.8) is 0 Å². The molecule has 0 fully saturated rings. The van der Waals surface area contributed by atoms with Crippen LogP contribution in [0.4, 0.5) is 0 Å². The number of rotatable bonds is 2. The Morgan fingerprint density at radius 3 is 2.60 bits per heavy atom. The van der Waals surface area contributed by atoms with Gasteiger partial charge in [0.2, 0.25) is 0 Å². The van der Waals surface area contributed by atoms with Crippen molar-refractivity contribution in [2.75, 3.05) is 0 Å². The third-order valence-electron chi connectivity index (χ3n) is 2.13. The van der Waals surface area contributed by atoms with Gasteiger partial charge in [-0.3, -0.25) is 4.98 Å². The van der Waals surface area contributed by atoms with E-state index in [0.717, 1.165) is 17.0 Å². The highest BCUT2D eigenvalue weighted by molar-refractivity contribution is 5.58. The molecular weight excluding hydrogens is 188 g/mol. The third-order valence-corrected chi connectivity index (χ3v) is 2.13. The molecule has 4 nitrogen and oxygen atoms in total. The molecule has 0 saturated carbocycles. The third kappa shape index (κ3) is 2.16. The number of nitrogens with two attached hydrogens (primary N) is 1. The van der Waals surface area contributed by atoms with Crippen LogP contribution in [0.1, 0.15) is 18.7 Å². The van der Waals surface area contributed by atoms with Crippen molar-refractivity contribution in [1.82, 2.24) is 15.0 Å². The minimum atomic E-state index is -0.0754. The van der Waals surface area contributed by atoms with E-state index in [1.165, 1.54) is 6.33 Å². The summed E-state index contributed by atoms with van der Waals surface area (Å²) in [5.41, 5.74) is 8.50. The molecule has 2 aromatic heterocycles. The smallest absolute Gasteiger partial charge is 0.116 e. The monoisotopic (exact) mass is 200 g/mol. The van der Waals surface area contributed by atoms with Crippen molar-refractivity contribution in [3.05, 3.63) is 42.6 Å². The average molecular weight is 200 g/mol. The van der Waals surface area contributed by atoms with E-state index < -0.39 is 0 Å². The van der Waals surface area contributed by atoms with Crippen LogP contribution >= 0.6 is 0 Å². The molecule has 76 valence electrons. The lowest BCUT2D eigenvalue weighted by molar-refractivity contribution is 0.775. The summed E-state index contributed by atoms with van der Waals surface area (Å²) in [6.07, 6.45) is 5.01.